The third-order valence-corrected chi connectivity index (χ3v) is 3.71. The largest absolute Gasteiger partial charge is 0.389 e. The summed E-state index contributed by atoms with van der Waals surface area (Å²) < 4.78 is 0. The second-order valence-electron chi connectivity index (χ2n) is 4.27. The van der Waals surface area contributed by atoms with Crippen molar-refractivity contribution in [3.05, 3.63) is 42.1 Å². The summed E-state index contributed by atoms with van der Waals surface area (Å²) in [4.78, 5) is 15.0. The minimum Gasteiger partial charge on any atom is -0.389 e. The van der Waals surface area contributed by atoms with E-state index in [2.05, 4.69) is 4.98 Å². The van der Waals surface area contributed by atoms with Crippen molar-refractivity contribution < 1.29 is 15.0 Å². The second-order valence-corrected chi connectivity index (χ2v) is 5.47. The van der Waals surface area contributed by atoms with Gasteiger partial charge in [-0.25, -0.2) is 0 Å². The van der Waals surface area contributed by atoms with Crippen molar-refractivity contribution in [2.24, 2.45) is 0 Å². The molecule has 0 saturated carbocycles. The number of thioether (sulfide) groups is 1. The number of pyridine rings is 1. The number of aromatic nitrogens is 1. The van der Waals surface area contributed by atoms with Crippen molar-refractivity contribution in [2.45, 2.75) is 19.1 Å². The molecule has 0 aliphatic rings. The average Bonchev–Trinajstić information content (AvgIpc) is 2.43. The molecule has 0 fully saturated rings. The van der Waals surface area contributed by atoms with E-state index in [1.165, 1.54) is 6.92 Å². The minimum absolute atomic E-state index is 0.0750. The molecule has 0 aliphatic heterocycles. The van der Waals surface area contributed by atoms with Gasteiger partial charge in [0, 0.05) is 24.3 Å². The summed E-state index contributed by atoms with van der Waals surface area (Å²) in [5, 5.41) is 20.8. The molecule has 1 aromatic heterocycles. The van der Waals surface area contributed by atoms with Crippen LogP contribution in [0.1, 0.15) is 18.6 Å². The fourth-order valence-electron chi connectivity index (χ4n) is 1.79. The number of fused-ring (bicyclic) bond motifs is 1. The fraction of sp³-hybridized carbons (Fsp3) is 0.286. The normalized spacial score (nSPS) is 14.3. The standard InChI is InChI=1S/C14H15NO3S/c1-9(16)19-8-13(17)14(18)11-4-5-12-10(7-11)3-2-6-15-12/h2-7,13-14,17-18H,8H2,1H3. The number of hydrogen-bond acceptors (Lipinski definition) is 5. The first-order chi connectivity index (χ1) is 9.08. The predicted molar refractivity (Wildman–Crippen MR) is 75.8 cm³/mol. The number of aliphatic hydroxyl groups excluding tert-OH is 2. The molecule has 100 valence electrons. The summed E-state index contributed by atoms with van der Waals surface area (Å²) in [6.07, 6.45) is -0.268. The van der Waals surface area contributed by atoms with Crippen molar-refractivity contribution in [1.29, 1.82) is 0 Å². The third kappa shape index (κ3) is 3.53. The highest BCUT2D eigenvalue weighted by Gasteiger charge is 2.19. The Bertz CT molecular complexity index is 588. The van der Waals surface area contributed by atoms with Crippen LogP contribution in [0.3, 0.4) is 0 Å². The van der Waals surface area contributed by atoms with Crippen molar-refractivity contribution in [2.75, 3.05) is 5.75 Å². The fourth-order valence-corrected chi connectivity index (χ4v) is 2.38. The van der Waals surface area contributed by atoms with E-state index in [1.807, 2.05) is 12.1 Å². The van der Waals surface area contributed by atoms with Gasteiger partial charge in [-0.05, 0) is 23.8 Å². The van der Waals surface area contributed by atoms with E-state index in [4.69, 9.17) is 0 Å². The van der Waals surface area contributed by atoms with Crippen molar-refractivity contribution >= 4 is 27.8 Å². The average molecular weight is 277 g/mol. The number of carbonyl (C=O) groups is 1. The highest BCUT2D eigenvalue weighted by Crippen LogP contribution is 2.23. The number of benzene rings is 1. The highest BCUT2D eigenvalue weighted by atomic mass is 32.2. The molecule has 0 amide bonds. The number of carbonyl (C=O) groups excluding carboxylic acids is 1. The third-order valence-electron chi connectivity index (χ3n) is 2.79. The molecule has 0 saturated heterocycles. The summed E-state index contributed by atoms with van der Waals surface area (Å²) >= 11 is 1.00. The van der Waals surface area contributed by atoms with Gasteiger partial charge in [-0.2, -0.15) is 0 Å². The molecule has 19 heavy (non-hydrogen) atoms. The second kappa shape index (κ2) is 6.14. The van der Waals surface area contributed by atoms with Gasteiger partial charge in [0.1, 0.15) is 6.10 Å². The van der Waals surface area contributed by atoms with Gasteiger partial charge < -0.3 is 10.2 Å². The van der Waals surface area contributed by atoms with Crippen molar-refractivity contribution in [3.8, 4) is 0 Å². The molecule has 2 unspecified atom stereocenters. The van der Waals surface area contributed by atoms with Crippen LogP contribution in [0.5, 0.6) is 0 Å². The maximum atomic E-state index is 10.8. The van der Waals surface area contributed by atoms with Gasteiger partial charge >= 0.3 is 0 Å². The van der Waals surface area contributed by atoms with E-state index in [1.54, 1.807) is 24.4 Å². The van der Waals surface area contributed by atoms with Crippen LogP contribution in [0.4, 0.5) is 0 Å². The van der Waals surface area contributed by atoms with Crippen LogP contribution in [0, 0.1) is 0 Å². The van der Waals surface area contributed by atoms with E-state index in [0.29, 0.717) is 5.56 Å². The first-order valence-electron chi connectivity index (χ1n) is 5.92. The van der Waals surface area contributed by atoms with Gasteiger partial charge in [0.05, 0.1) is 11.6 Å². The van der Waals surface area contributed by atoms with E-state index in [-0.39, 0.29) is 10.9 Å². The van der Waals surface area contributed by atoms with E-state index < -0.39 is 12.2 Å². The SMILES string of the molecule is CC(=O)SCC(O)C(O)c1ccc2ncccc2c1. The topological polar surface area (TPSA) is 70.4 Å². The zero-order valence-electron chi connectivity index (χ0n) is 10.5. The van der Waals surface area contributed by atoms with Crippen LogP contribution in [-0.2, 0) is 4.79 Å². The van der Waals surface area contributed by atoms with Crippen LogP contribution in [-0.4, -0.2) is 32.2 Å². The minimum atomic E-state index is -1.00. The molecular weight excluding hydrogens is 262 g/mol. The molecule has 2 N–H and O–H groups in total. The summed E-state index contributed by atoms with van der Waals surface area (Å²) in [5.74, 6) is 0.182. The van der Waals surface area contributed by atoms with Gasteiger partial charge in [0.15, 0.2) is 5.12 Å². The van der Waals surface area contributed by atoms with Crippen molar-refractivity contribution in [3.63, 3.8) is 0 Å². The Labute approximate surface area is 115 Å². The molecule has 1 aromatic carbocycles. The van der Waals surface area contributed by atoms with Gasteiger partial charge in [-0.1, -0.05) is 23.9 Å². The number of hydrogen-bond donors (Lipinski definition) is 2. The lowest BCUT2D eigenvalue weighted by molar-refractivity contribution is -0.109. The number of nitrogens with zero attached hydrogens (tertiary/aromatic N) is 1. The van der Waals surface area contributed by atoms with Gasteiger partial charge in [-0.15, -0.1) is 0 Å². The molecule has 2 atom stereocenters. The van der Waals surface area contributed by atoms with Crippen LogP contribution < -0.4 is 0 Å². The van der Waals surface area contributed by atoms with E-state index in [0.717, 1.165) is 22.7 Å². The molecule has 0 aliphatic carbocycles. The molecule has 1 heterocycles. The van der Waals surface area contributed by atoms with Crippen LogP contribution in [0.2, 0.25) is 0 Å². The Kier molecular flexibility index (Phi) is 4.52. The molecule has 0 spiro atoms. The summed E-state index contributed by atoms with van der Waals surface area (Å²) in [7, 11) is 0. The smallest absolute Gasteiger partial charge is 0.185 e. The Morgan fingerprint density at radius 2 is 2.16 bits per heavy atom. The molecule has 4 nitrogen and oxygen atoms in total. The van der Waals surface area contributed by atoms with E-state index in [9.17, 15) is 15.0 Å². The lowest BCUT2D eigenvalue weighted by atomic mass is 10.0. The maximum absolute atomic E-state index is 10.8. The zero-order valence-corrected chi connectivity index (χ0v) is 11.3. The lowest BCUT2D eigenvalue weighted by Crippen LogP contribution is -2.21. The summed E-state index contributed by atoms with van der Waals surface area (Å²) in [6, 6.07) is 9.06. The Morgan fingerprint density at radius 3 is 2.89 bits per heavy atom. The van der Waals surface area contributed by atoms with Gasteiger partial charge in [0.2, 0.25) is 0 Å². The van der Waals surface area contributed by atoms with Gasteiger partial charge in [-0.3, -0.25) is 9.78 Å². The Morgan fingerprint density at radius 1 is 1.37 bits per heavy atom. The molecule has 2 rings (SSSR count). The lowest BCUT2D eigenvalue weighted by Gasteiger charge is -2.17. The quantitative estimate of drug-likeness (QED) is 0.893. The number of rotatable bonds is 4. The number of aliphatic hydroxyl groups is 2. The van der Waals surface area contributed by atoms with E-state index >= 15 is 0 Å². The van der Waals surface area contributed by atoms with Crippen LogP contribution >= 0.6 is 11.8 Å². The molecule has 0 radical (unpaired) electrons. The predicted octanol–water partition coefficient (Wildman–Crippen LogP) is 1.91. The summed E-state index contributed by atoms with van der Waals surface area (Å²) in [5.41, 5.74) is 1.46. The molecular formula is C14H15NO3S. The maximum Gasteiger partial charge on any atom is 0.185 e. The first-order valence-corrected chi connectivity index (χ1v) is 6.90. The van der Waals surface area contributed by atoms with Crippen molar-refractivity contribution in [1.82, 2.24) is 4.98 Å². The first kappa shape index (κ1) is 14.0. The summed E-state index contributed by atoms with van der Waals surface area (Å²) in [6.45, 7) is 1.44. The zero-order chi connectivity index (χ0) is 13.8. The van der Waals surface area contributed by atoms with Gasteiger partial charge in [0.25, 0.3) is 0 Å². The molecule has 2 aromatic rings. The van der Waals surface area contributed by atoms with Crippen LogP contribution in [0.15, 0.2) is 36.5 Å². The molecule has 0 bridgehead atoms. The Hall–Kier alpha value is -1.43. The monoisotopic (exact) mass is 277 g/mol. The van der Waals surface area contributed by atoms with Crippen LogP contribution in [0.25, 0.3) is 10.9 Å². The Balaban J connectivity index is 2.16. The highest BCUT2D eigenvalue weighted by molar-refractivity contribution is 8.13. The molecule has 5 heteroatoms.